The van der Waals surface area contributed by atoms with Gasteiger partial charge >= 0.3 is 5.97 Å². The molecule has 0 amide bonds. The smallest absolute Gasteiger partial charge is 0.302 e. The summed E-state index contributed by atoms with van der Waals surface area (Å²) in [6, 6.07) is 12.7. The number of benzene rings is 1. The van der Waals surface area contributed by atoms with Crippen molar-refractivity contribution in [2.45, 2.75) is 38.5 Å². The summed E-state index contributed by atoms with van der Waals surface area (Å²) in [5.41, 5.74) is 3.16. The molecule has 20 heavy (non-hydrogen) atoms. The van der Waals surface area contributed by atoms with Gasteiger partial charge in [0, 0.05) is 6.92 Å². The van der Waals surface area contributed by atoms with Gasteiger partial charge in [-0.15, -0.1) is 0 Å². The summed E-state index contributed by atoms with van der Waals surface area (Å²) < 4.78 is 4.94. The molecule has 0 N–H and O–H groups in total. The van der Waals surface area contributed by atoms with Crippen molar-refractivity contribution in [1.29, 1.82) is 5.26 Å². The van der Waals surface area contributed by atoms with Crippen molar-refractivity contribution in [1.82, 2.24) is 0 Å². The number of rotatable bonds is 3. The van der Waals surface area contributed by atoms with Crippen LogP contribution in [-0.2, 0) is 9.53 Å². The van der Waals surface area contributed by atoms with Crippen molar-refractivity contribution in [3.05, 3.63) is 47.0 Å². The second-order valence-electron chi connectivity index (χ2n) is 5.16. The van der Waals surface area contributed by atoms with E-state index < -0.39 is 0 Å². The van der Waals surface area contributed by atoms with E-state index in [9.17, 15) is 10.1 Å². The van der Waals surface area contributed by atoms with Crippen LogP contribution in [0, 0.1) is 11.3 Å². The third-order valence-corrected chi connectivity index (χ3v) is 3.84. The fourth-order valence-corrected chi connectivity index (χ4v) is 2.71. The highest BCUT2D eigenvalue weighted by atomic mass is 16.5. The van der Waals surface area contributed by atoms with Gasteiger partial charge in [0.15, 0.2) is 0 Å². The van der Waals surface area contributed by atoms with Crippen LogP contribution in [-0.4, -0.2) is 12.6 Å². The Morgan fingerprint density at radius 2 is 1.95 bits per heavy atom. The first-order valence-corrected chi connectivity index (χ1v) is 7.00. The van der Waals surface area contributed by atoms with E-state index >= 15 is 0 Å². The molecule has 0 saturated heterocycles. The zero-order valence-electron chi connectivity index (χ0n) is 11.8. The Morgan fingerprint density at radius 3 is 2.50 bits per heavy atom. The molecule has 0 aliphatic heterocycles. The maximum Gasteiger partial charge on any atom is 0.302 e. The summed E-state index contributed by atoms with van der Waals surface area (Å²) in [6.07, 6.45) is 3.96. The van der Waals surface area contributed by atoms with Crippen LogP contribution in [0.1, 0.15) is 44.1 Å². The lowest BCUT2D eigenvalue weighted by molar-refractivity contribution is -0.139. The van der Waals surface area contributed by atoms with Crippen LogP contribution in [0.15, 0.2) is 41.5 Å². The van der Waals surface area contributed by atoms with Gasteiger partial charge in [0.2, 0.25) is 0 Å². The summed E-state index contributed by atoms with van der Waals surface area (Å²) in [4.78, 5) is 10.8. The molecule has 3 heteroatoms. The lowest BCUT2D eigenvalue weighted by Gasteiger charge is -2.25. The van der Waals surface area contributed by atoms with E-state index in [1.807, 2.05) is 6.07 Å². The predicted molar refractivity (Wildman–Crippen MR) is 76.9 cm³/mol. The molecule has 0 radical (unpaired) electrons. The first-order chi connectivity index (χ1) is 9.70. The van der Waals surface area contributed by atoms with Crippen LogP contribution < -0.4 is 0 Å². The van der Waals surface area contributed by atoms with Crippen LogP contribution in [0.25, 0.3) is 0 Å². The average molecular weight is 269 g/mol. The Kier molecular flexibility index (Phi) is 4.95. The predicted octanol–water partition coefficient (Wildman–Crippen LogP) is 3.73. The summed E-state index contributed by atoms with van der Waals surface area (Å²) in [5.74, 6) is 0.241. The third-order valence-electron chi connectivity index (χ3n) is 3.84. The molecular formula is C17H19NO2. The van der Waals surface area contributed by atoms with Crippen LogP contribution in [0.5, 0.6) is 0 Å². The number of nitriles is 1. The number of carbonyl (C=O) groups excluding carboxylic acids is 1. The molecule has 1 aromatic carbocycles. The molecule has 0 atom stereocenters. The Hall–Kier alpha value is -2.08. The number of nitrogens with zero attached hydrogens (tertiary/aromatic N) is 1. The molecule has 1 saturated carbocycles. The third kappa shape index (κ3) is 3.71. The molecule has 1 aliphatic rings. The molecule has 104 valence electrons. The van der Waals surface area contributed by atoms with Gasteiger partial charge in [0.1, 0.15) is 6.61 Å². The van der Waals surface area contributed by atoms with E-state index in [1.165, 1.54) is 12.5 Å². The molecule has 1 aromatic rings. The van der Waals surface area contributed by atoms with Gasteiger partial charge in [-0.1, -0.05) is 35.9 Å². The van der Waals surface area contributed by atoms with E-state index in [2.05, 4.69) is 30.3 Å². The highest BCUT2D eigenvalue weighted by Crippen LogP contribution is 2.36. The zero-order valence-corrected chi connectivity index (χ0v) is 11.8. The van der Waals surface area contributed by atoms with E-state index in [4.69, 9.17) is 4.74 Å². The van der Waals surface area contributed by atoms with E-state index in [-0.39, 0.29) is 12.6 Å². The van der Waals surface area contributed by atoms with Gasteiger partial charge < -0.3 is 4.74 Å². The van der Waals surface area contributed by atoms with Gasteiger partial charge in [-0.25, -0.2) is 0 Å². The summed E-state index contributed by atoms with van der Waals surface area (Å²) in [7, 11) is 0. The molecule has 0 aromatic heterocycles. The monoisotopic (exact) mass is 269 g/mol. The van der Waals surface area contributed by atoms with Gasteiger partial charge in [-0.05, 0) is 37.2 Å². The Morgan fingerprint density at radius 1 is 1.30 bits per heavy atom. The number of hydrogen-bond donors (Lipinski definition) is 0. The topological polar surface area (TPSA) is 50.1 Å². The van der Waals surface area contributed by atoms with E-state index in [1.54, 1.807) is 0 Å². The highest BCUT2D eigenvalue weighted by molar-refractivity contribution is 5.66. The fraction of sp³-hybridized carbons (Fsp3) is 0.412. The van der Waals surface area contributed by atoms with Crippen LogP contribution in [0.3, 0.4) is 0 Å². The SMILES string of the molecule is CC(=O)OCC(C#N)=C1CCC(c2ccccc2)CC1. The first-order valence-electron chi connectivity index (χ1n) is 7.00. The lowest BCUT2D eigenvalue weighted by atomic mass is 9.80. The number of hydrogen-bond acceptors (Lipinski definition) is 3. The molecule has 0 unspecified atom stereocenters. The first kappa shape index (κ1) is 14.3. The highest BCUT2D eigenvalue weighted by Gasteiger charge is 2.20. The maximum absolute atomic E-state index is 10.8. The molecule has 0 spiro atoms. The summed E-state index contributed by atoms with van der Waals surface area (Å²) in [6.45, 7) is 1.49. The molecule has 1 aliphatic carbocycles. The number of carbonyl (C=O) groups is 1. The van der Waals surface area contributed by atoms with Crippen LogP contribution in [0.4, 0.5) is 0 Å². The second-order valence-corrected chi connectivity index (χ2v) is 5.16. The van der Waals surface area contributed by atoms with Crippen molar-refractivity contribution in [3.8, 4) is 6.07 Å². The molecular weight excluding hydrogens is 250 g/mol. The van der Waals surface area contributed by atoms with Crippen molar-refractivity contribution in [2.24, 2.45) is 0 Å². The second kappa shape index (κ2) is 6.91. The molecule has 0 heterocycles. The molecule has 3 nitrogen and oxygen atoms in total. The van der Waals surface area contributed by atoms with Crippen molar-refractivity contribution >= 4 is 5.97 Å². The summed E-state index contributed by atoms with van der Waals surface area (Å²) >= 11 is 0. The fourth-order valence-electron chi connectivity index (χ4n) is 2.71. The largest absolute Gasteiger partial charge is 0.460 e. The average Bonchev–Trinajstić information content (AvgIpc) is 2.49. The van der Waals surface area contributed by atoms with Crippen molar-refractivity contribution in [2.75, 3.05) is 6.61 Å². The summed E-state index contributed by atoms with van der Waals surface area (Å²) in [5, 5.41) is 9.17. The van der Waals surface area contributed by atoms with Crippen molar-refractivity contribution < 1.29 is 9.53 Å². The maximum atomic E-state index is 10.8. The quantitative estimate of drug-likeness (QED) is 0.620. The minimum absolute atomic E-state index is 0.122. The van der Waals surface area contributed by atoms with Crippen LogP contribution >= 0.6 is 0 Å². The number of esters is 1. The number of ether oxygens (including phenoxy) is 1. The van der Waals surface area contributed by atoms with E-state index in [0.717, 1.165) is 31.3 Å². The minimum Gasteiger partial charge on any atom is -0.460 e. The minimum atomic E-state index is -0.337. The van der Waals surface area contributed by atoms with Crippen molar-refractivity contribution in [3.63, 3.8) is 0 Å². The molecule has 1 fully saturated rings. The normalized spacial score (nSPS) is 18.2. The van der Waals surface area contributed by atoms with Gasteiger partial charge in [-0.3, -0.25) is 4.79 Å². The Balaban J connectivity index is 1.99. The number of allylic oxidation sites excluding steroid dienone is 1. The Bertz CT molecular complexity index is 530. The van der Waals surface area contributed by atoms with Crippen LogP contribution in [0.2, 0.25) is 0 Å². The zero-order chi connectivity index (χ0) is 14.4. The Labute approximate surface area is 119 Å². The van der Waals surface area contributed by atoms with Gasteiger partial charge in [-0.2, -0.15) is 5.26 Å². The lowest BCUT2D eigenvalue weighted by Crippen LogP contribution is -2.11. The van der Waals surface area contributed by atoms with Gasteiger partial charge in [0.05, 0.1) is 11.6 Å². The van der Waals surface area contributed by atoms with E-state index in [0.29, 0.717) is 11.5 Å². The molecule has 2 rings (SSSR count). The van der Waals surface area contributed by atoms with Gasteiger partial charge in [0.25, 0.3) is 0 Å². The standard InChI is InChI=1S/C17H19NO2/c1-13(19)20-12-17(11-18)16-9-7-15(8-10-16)14-5-3-2-4-6-14/h2-6,15H,7-10,12H2,1H3. The molecule has 0 bridgehead atoms.